The molecule has 0 N–H and O–H groups in total. The van der Waals surface area contributed by atoms with E-state index in [2.05, 4.69) is 9.88 Å². The van der Waals surface area contributed by atoms with Gasteiger partial charge < -0.3 is 14.5 Å². The largest absolute Gasteiger partial charge is 0.454 e. The van der Waals surface area contributed by atoms with Gasteiger partial charge in [-0.25, -0.2) is 9.78 Å². The van der Waals surface area contributed by atoms with E-state index in [0.29, 0.717) is 26.2 Å². The molecule has 0 saturated carbocycles. The quantitative estimate of drug-likeness (QED) is 0.487. The van der Waals surface area contributed by atoms with Crippen molar-refractivity contribution in [3.8, 4) is 0 Å². The van der Waals surface area contributed by atoms with E-state index in [1.807, 2.05) is 18.2 Å². The van der Waals surface area contributed by atoms with Crippen LogP contribution in [0.4, 0.5) is 5.82 Å². The number of nitrogens with zero attached hydrogens (tertiary/aromatic N) is 4. The zero-order valence-corrected chi connectivity index (χ0v) is 18.6. The number of benzene rings is 1. The molecule has 0 bridgehead atoms. The van der Waals surface area contributed by atoms with Gasteiger partial charge in [0.2, 0.25) is 0 Å². The molecule has 2 aliphatic rings. The molecular weight excluding hydrogens is 424 g/mol. The maximum Gasteiger partial charge on any atom is 0.330 e. The van der Waals surface area contributed by atoms with E-state index >= 15 is 0 Å². The predicted molar refractivity (Wildman–Crippen MR) is 120 cm³/mol. The molecular formula is C24H26N4O5. The summed E-state index contributed by atoms with van der Waals surface area (Å²) in [6.45, 7) is 5.25. The van der Waals surface area contributed by atoms with E-state index in [1.54, 1.807) is 49.2 Å². The molecule has 1 saturated heterocycles. The Labute approximate surface area is 191 Å². The van der Waals surface area contributed by atoms with E-state index in [9.17, 15) is 19.2 Å². The third-order valence-corrected chi connectivity index (χ3v) is 5.92. The van der Waals surface area contributed by atoms with E-state index in [0.717, 1.165) is 10.7 Å². The van der Waals surface area contributed by atoms with Gasteiger partial charge in [0.25, 0.3) is 17.7 Å². The smallest absolute Gasteiger partial charge is 0.330 e. The number of pyridine rings is 1. The van der Waals surface area contributed by atoms with Gasteiger partial charge >= 0.3 is 5.97 Å². The number of fused-ring (bicyclic) bond motifs is 1. The Morgan fingerprint density at radius 1 is 0.939 bits per heavy atom. The van der Waals surface area contributed by atoms with Crippen molar-refractivity contribution in [1.29, 1.82) is 0 Å². The van der Waals surface area contributed by atoms with Crippen LogP contribution in [-0.2, 0) is 14.3 Å². The van der Waals surface area contributed by atoms with Gasteiger partial charge in [-0.2, -0.15) is 0 Å². The minimum atomic E-state index is -1.11. The molecule has 1 aromatic carbocycles. The van der Waals surface area contributed by atoms with Gasteiger partial charge in [0.1, 0.15) is 11.9 Å². The van der Waals surface area contributed by atoms with Crippen molar-refractivity contribution >= 4 is 29.5 Å². The van der Waals surface area contributed by atoms with Gasteiger partial charge in [-0.05, 0) is 30.2 Å². The molecule has 172 valence electrons. The zero-order chi connectivity index (χ0) is 23.5. The van der Waals surface area contributed by atoms with Crippen LogP contribution in [0.2, 0.25) is 0 Å². The molecule has 9 heteroatoms. The number of ether oxygens (including phenoxy) is 1. The molecule has 0 unspecified atom stereocenters. The molecule has 0 radical (unpaired) electrons. The van der Waals surface area contributed by atoms with Crippen LogP contribution in [0.1, 0.15) is 34.6 Å². The third kappa shape index (κ3) is 4.44. The minimum absolute atomic E-state index is 0.266. The topological polar surface area (TPSA) is 100 Å². The summed E-state index contributed by atoms with van der Waals surface area (Å²) in [5, 5.41) is 0. The number of anilines is 1. The number of aromatic nitrogens is 1. The summed E-state index contributed by atoms with van der Waals surface area (Å²) >= 11 is 0. The first-order valence-corrected chi connectivity index (χ1v) is 11.0. The van der Waals surface area contributed by atoms with Crippen molar-refractivity contribution in [2.24, 2.45) is 5.92 Å². The molecule has 3 heterocycles. The number of rotatable bonds is 6. The molecule has 0 spiro atoms. The molecule has 9 nitrogen and oxygen atoms in total. The second-order valence-corrected chi connectivity index (χ2v) is 8.38. The molecule has 1 aromatic heterocycles. The maximum atomic E-state index is 12.9. The van der Waals surface area contributed by atoms with Gasteiger partial charge in [0.15, 0.2) is 6.61 Å². The lowest BCUT2D eigenvalue weighted by molar-refractivity contribution is -0.156. The Balaban J connectivity index is 1.35. The van der Waals surface area contributed by atoms with Crippen molar-refractivity contribution < 1.29 is 23.9 Å². The van der Waals surface area contributed by atoms with Crippen LogP contribution < -0.4 is 4.90 Å². The first-order valence-electron chi connectivity index (χ1n) is 11.0. The summed E-state index contributed by atoms with van der Waals surface area (Å²) in [4.78, 5) is 60.1. The molecule has 4 rings (SSSR count). The van der Waals surface area contributed by atoms with Crippen LogP contribution in [-0.4, -0.2) is 77.3 Å². The Morgan fingerprint density at radius 2 is 1.55 bits per heavy atom. The van der Waals surface area contributed by atoms with Gasteiger partial charge in [0.05, 0.1) is 11.1 Å². The number of esters is 1. The van der Waals surface area contributed by atoms with Crippen molar-refractivity contribution in [1.82, 2.24) is 14.8 Å². The number of carbonyl (C=O) groups excluding carboxylic acids is 4. The number of piperazine rings is 1. The van der Waals surface area contributed by atoms with E-state index in [-0.39, 0.29) is 23.0 Å². The van der Waals surface area contributed by atoms with E-state index in [1.165, 1.54) is 0 Å². The highest BCUT2D eigenvalue weighted by molar-refractivity contribution is 6.22. The lowest BCUT2D eigenvalue weighted by Gasteiger charge is -2.35. The van der Waals surface area contributed by atoms with Crippen LogP contribution >= 0.6 is 0 Å². The first kappa shape index (κ1) is 22.4. The normalized spacial score (nSPS) is 16.8. The monoisotopic (exact) mass is 450 g/mol. The SMILES string of the molecule is CC(C)[C@@H](C(=O)OCC(=O)N1CCN(c2ccccn2)CC1)N1C(=O)c2ccccc2C1=O. The Hall–Kier alpha value is -3.75. The predicted octanol–water partition coefficient (Wildman–Crippen LogP) is 1.59. The van der Waals surface area contributed by atoms with Gasteiger partial charge in [0, 0.05) is 32.4 Å². The molecule has 33 heavy (non-hydrogen) atoms. The molecule has 2 aromatic rings. The van der Waals surface area contributed by atoms with Gasteiger partial charge in [-0.1, -0.05) is 32.0 Å². The molecule has 2 aliphatic heterocycles. The average molecular weight is 450 g/mol. The number of carbonyl (C=O) groups is 4. The fourth-order valence-electron chi connectivity index (χ4n) is 4.17. The van der Waals surface area contributed by atoms with Crippen LogP contribution in [0.3, 0.4) is 0 Å². The van der Waals surface area contributed by atoms with Crippen molar-refractivity contribution in [3.63, 3.8) is 0 Å². The maximum absolute atomic E-state index is 12.9. The second-order valence-electron chi connectivity index (χ2n) is 8.38. The highest BCUT2D eigenvalue weighted by atomic mass is 16.5. The average Bonchev–Trinajstić information content (AvgIpc) is 3.08. The number of imide groups is 1. The van der Waals surface area contributed by atoms with Crippen LogP contribution in [0.5, 0.6) is 0 Å². The van der Waals surface area contributed by atoms with Crippen molar-refractivity contribution in [2.45, 2.75) is 19.9 Å². The summed E-state index contributed by atoms with van der Waals surface area (Å²) in [5.74, 6) is -1.64. The summed E-state index contributed by atoms with van der Waals surface area (Å²) in [7, 11) is 0. The lowest BCUT2D eigenvalue weighted by Crippen LogP contribution is -2.51. The summed E-state index contributed by atoms with van der Waals surface area (Å²) < 4.78 is 5.30. The van der Waals surface area contributed by atoms with E-state index in [4.69, 9.17) is 4.74 Å². The van der Waals surface area contributed by atoms with Gasteiger partial charge in [-0.3, -0.25) is 19.3 Å². The van der Waals surface area contributed by atoms with Crippen molar-refractivity contribution in [3.05, 3.63) is 59.8 Å². The fraction of sp³-hybridized carbons (Fsp3) is 0.375. The van der Waals surface area contributed by atoms with Crippen LogP contribution in [0.25, 0.3) is 0 Å². The number of hydrogen-bond acceptors (Lipinski definition) is 7. The van der Waals surface area contributed by atoms with E-state index < -0.39 is 30.4 Å². The van der Waals surface area contributed by atoms with Gasteiger partial charge in [-0.15, -0.1) is 0 Å². The number of hydrogen-bond donors (Lipinski definition) is 0. The Morgan fingerprint density at radius 3 is 2.09 bits per heavy atom. The second kappa shape index (κ2) is 9.40. The van der Waals surface area contributed by atoms with Crippen molar-refractivity contribution in [2.75, 3.05) is 37.7 Å². The summed E-state index contributed by atoms with van der Waals surface area (Å²) in [6.07, 6.45) is 1.73. The zero-order valence-electron chi connectivity index (χ0n) is 18.6. The number of amides is 3. The van der Waals surface area contributed by atoms with Crippen LogP contribution in [0.15, 0.2) is 48.7 Å². The third-order valence-electron chi connectivity index (χ3n) is 5.92. The summed E-state index contributed by atoms with van der Waals surface area (Å²) in [6, 6.07) is 11.0. The molecule has 1 fully saturated rings. The molecule has 0 aliphatic carbocycles. The standard InChI is InChI=1S/C24H26N4O5/c1-16(2)21(28-22(30)17-7-3-4-8-18(17)23(28)31)24(32)33-15-20(29)27-13-11-26(12-14-27)19-9-5-6-10-25-19/h3-10,16,21H,11-15H2,1-2H3/t21-/m0/s1. The highest BCUT2D eigenvalue weighted by Crippen LogP contribution is 2.27. The Bertz CT molecular complexity index is 1030. The lowest BCUT2D eigenvalue weighted by atomic mass is 10.0. The summed E-state index contributed by atoms with van der Waals surface area (Å²) in [5.41, 5.74) is 0.533. The first-order chi connectivity index (χ1) is 15.9. The molecule has 3 amide bonds. The highest BCUT2D eigenvalue weighted by Gasteiger charge is 2.44. The Kier molecular flexibility index (Phi) is 6.39. The fourth-order valence-corrected chi connectivity index (χ4v) is 4.17. The van der Waals surface area contributed by atoms with Crippen LogP contribution in [0, 0.1) is 5.92 Å². The molecule has 1 atom stereocenters. The minimum Gasteiger partial charge on any atom is -0.454 e.